The Morgan fingerprint density at radius 1 is 1.24 bits per heavy atom. The number of carbonyl (C=O) groups is 2. The molecule has 0 bridgehead atoms. The van der Waals surface area contributed by atoms with E-state index in [0.717, 1.165) is 43.2 Å². The molecule has 0 radical (unpaired) electrons. The summed E-state index contributed by atoms with van der Waals surface area (Å²) in [5.41, 5.74) is 2.59. The lowest BCUT2D eigenvalue weighted by atomic mass is 10.1. The van der Waals surface area contributed by atoms with E-state index in [4.69, 9.17) is 21.1 Å². The maximum absolute atomic E-state index is 12.9. The molecule has 0 spiro atoms. The number of aromatic nitrogens is 3. The van der Waals surface area contributed by atoms with Crippen molar-refractivity contribution in [2.24, 2.45) is 7.05 Å². The number of rotatable bonds is 9. The van der Waals surface area contributed by atoms with Crippen molar-refractivity contribution in [2.45, 2.75) is 64.1 Å². The molecule has 0 saturated carbocycles. The number of nitrogens with one attached hydrogen (secondary N) is 1. The van der Waals surface area contributed by atoms with Crippen LogP contribution in [-0.4, -0.2) is 39.0 Å². The number of benzene rings is 1. The third kappa shape index (κ3) is 6.48. The molecule has 1 amide bonds. The highest BCUT2D eigenvalue weighted by atomic mass is 35.5. The molecular formula is C26H31ClN4O4S2. The molecule has 2 heterocycles. The number of amides is 1. The smallest absolute Gasteiger partial charge is 0.341 e. The standard InChI is InChI=1S/C26H31ClN4O4S2/c1-5-34-25(33)22-17-9-7-6-8-10-20(17)37-24(22)28-21(32)14-36-26-30-29-23(31(26)4)16(3)35-19-13-15(2)11-12-18(19)27/h11-13,16H,5-10,14H2,1-4H3,(H,28,32). The van der Waals surface area contributed by atoms with E-state index in [9.17, 15) is 9.59 Å². The van der Waals surface area contributed by atoms with Gasteiger partial charge in [0.1, 0.15) is 10.8 Å². The molecule has 1 aromatic carbocycles. The Bertz CT molecular complexity index is 1290. The number of aryl methyl sites for hydroxylation is 2. The number of thioether (sulfide) groups is 1. The van der Waals surface area contributed by atoms with Crippen molar-refractivity contribution in [3.63, 3.8) is 0 Å². The zero-order valence-electron chi connectivity index (χ0n) is 21.4. The molecule has 0 fully saturated rings. The maximum atomic E-state index is 12.9. The summed E-state index contributed by atoms with van der Waals surface area (Å²) < 4.78 is 13.1. The van der Waals surface area contributed by atoms with Gasteiger partial charge < -0.3 is 19.4 Å². The second kappa shape index (κ2) is 12.3. The SMILES string of the molecule is CCOC(=O)c1c(NC(=O)CSc2nnc(C(C)Oc3cc(C)ccc3Cl)n2C)sc2c1CCCCC2. The number of fused-ring (bicyclic) bond motifs is 1. The Hall–Kier alpha value is -2.56. The van der Waals surface area contributed by atoms with Crippen LogP contribution in [-0.2, 0) is 29.4 Å². The van der Waals surface area contributed by atoms with Gasteiger partial charge in [-0.3, -0.25) is 4.79 Å². The number of carbonyl (C=O) groups excluding carboxylic acids is 2. The topological polar surface area (TPSA) is 95.3 Å². The minimum Gasteiger partial charge on any atom is -0.481 e. The van der Waals surface area contributed by atoms with Crippen LogP contribution in [0.4, 0.5) is 5.00 Å². The van der Waals surface area contributed by atoms with Crippen LogP contribution in [0, 0.1) is 6.92 Å². The third-order valence-electron chi connectivity index (χ3n) is 6.11. The number of hydrogen-bond acceptors (Lipinski definition) is 8. The summed E-state index contributed by atoms with van der Waals surface area (Å²) in [4.78, 5) is 26.8. The van der Waals surface area contributed by atoms with Gasteiger partial charge >= 0.3 is 5.97 Å². The minimum absolute atomic E-state index is 0.121. The molecule has 11 heteroatoms. The van der Waals surface area contributed by atoms with E-state index in [-0.39, 0.29) is 17.6 Å². The number of ether oxygens (including phenoxy) is 2. The molecule has 2 aromatic heterocycles. The van der Waals surface area contributed by atoms with Crippen molar-refractivity contribution < 1.29 is 19.1 Å². The molecule has 1 unspecified atom stereocenters. The van der Waals surface area contributed by atoms with E-state index in [1.54, 1.807) is 13.0 Å². The van der Waals surface area contributed by atoms with E-state index in [1.807, 2.05) is 37.6 Å². The van der Waals surface area contributed by atoms with Crippen LogP contribution in [0.15, 0.2) is 23.4 Å². The molecule has 0 aliphatic heterocycles. The lowest BCUT2D eigenvalue weighted by molar-refractivity contribution is -0.113. The van der Waals surface area contributed by atoms with Gasteiger partial charge in [0.05, 0.1) is 22.9 Å². The van der Waals surface area contributed by atoms with Crippen molar-refractivity contribution in [1.29, 1.82) is 0 Å². The predicted molar refractivity (Wildman–Crippen MR) is 147 cm³/mol. The lowest BCUT2D eigenvalue weighted by Gasteiger charge is -2.15. The second-order valence-electron chi connectivity index (χ2n) is 8.92. The van der Waals surface area contributed by atoms with Gasteiger partial charge in [-0.2, -0.15) is 0 Å². The van der Waals surface area contributed by atoms with Crippen molar-refractivity contribution in [3.05, 3.63) is 50.6 Å². The molecule has 4 rings (SSSR count). The second-order valence-corrected chi connectivity index (χ2v) is 11.4. The van der Waals surface area contributed by atoms with Crippen LogP contribution in [0.5, 0.6) is 5.75 Å². The Labute approximate surface area is 230 Å². The Morgan fingerprint density at radius 3 is 2.81 bits per heavy atom. The zero-order chi connectivity index (χ0) is 26.5. The first-order valence-electron chi connectivity index (χ1n) is 12.3. The Morgan fingerprint density at radius 2 is 2.03 bits per heavy atom. The number of halogens is 1. The number of anilines is 1. The first-order valence-corrected chi connectivity index (χ1v) is 14.5. The molecule has 198 valence electrons. The molecule has 3 aromatic rings. The molecular weight excluding hydrogens is 532 g/mol. The van der Waals surface area contributed by atoms with Crippen LogP contribution in [0.25, 0.3) is 0 Å². The van der Waals surface area contributed by atoms with Gasteiger partial charge in [0.2, 0.25) is 5.91 Å². The van der Waals surface area contributed by atoms with Crippen molar-refractivity contribution in [1.82, 2.24) is 14.8 Å². The minimum atomic E-state index is -0.395. The van der Waals surface area contributed by atoms with E-state index >= 15 is 0 Å². The van der Waals surface area contributed by atoms with E-state index in [0.29, 0.717) is 38.9 Å². The van der Waals surface area contributed by atoms with Gasteiger partial charge in [-0.15, -0.1) is 21.5 Å². The predicted octanol–water partition coefficient (Wildman–Crippen LogP) is 6.15. The first kappa shape index (κ1) is 27.5. The maximum Gasteiger partial charge on any atom is 0.341 e. The third-order valence-corrected chi connectivity index (χ3v) is 8.65. The fourth-order valence-electron chi connectivity index (χ4n) is 4.29. The van der Waals surface area contributed by atoms with Gasteiger partial charge in [0.15, 0.2) is 17.1 Å². The first-order chi connectivity index (χ1) is 17.8. The van der Waals surface area contributed by atoms with E-state index in [2.05, 4.69) is 15.5 Å². The molecule has 1 atom stereocenters. The Kier molecular flexibility index (Phi) is 9.15. The fourth-order valence-corrected chi connectivity index (χ4v) is 6.47. The monoisotopic (exact) mass is 562 g/mol. The molecule has 1 N–H and O–H groups in total. The Balaban J connectivity index is 1.42. The molecule has 37 heavy (non-hydrogen) atoms. The summed E-state index contributed by atoms with van der Waals surface area (Å²) in [6.45, 7) is 5.92. The molecule has 1 aliphatic carbocycles. The molecule has 0 saturated heterocycles. The average molecular weight is 563 g/mol. The zero-order valence-corrected chi connectivity index (χ0v) is 23.8. The van der Waals surface area contributed by atoms with E-state index < -0.39 is 6.10 Å². The van der Waals surface area contributed by atoms with Crippen molar-refractivity contribution >= 4 is 51.6 Å². The fraction of sp³-hybridized carbons (Fsp3) is 0.462. The summed E-state index contributed by atoms with van der Waals surface area (Å²) in [6.07, 6.45) is 4.63. The molecule has 8 nitrogen and oxygen atoms in total. The highest BCUT2D eigenvalue weighted by molar-refractivity contribution is 7.99. The van der Waals surface area contributed by atoms with Gasteiger partial charge in [0, 0.05) is 11.9 Å². The molecule has 1 aliphatic rings. The summed E-state index contributed by atoms with van der Waals surface area (Å²) >= 11 is 9.03. The van der Waals surface area contributed by atoms with Gasteiger partial charge in [-0.1, -0.05) is 35.9 Å². The summed E-state index contributed by atoms with van der Waals surface area (Å²) in [5, 5.41) is 13.2. The summed E-state index contributed by atoms with van der Waals surface area (Å²) in [7, 11) is 1.84. The van der Waals surface area contributed by atoms with Crippen LogP contribution in [0.3, 0.4) is 0 Å². The largest absolute Gasteiger partial charge is 0.481 e. The normalized spacial score (nSPS) is 14.0. The lowest BCUT2D eigenvalue weighted by Crippen LogP contribution is -2.17. The van der Waals surface area contributed by atoms with Gasteiger partial charge in [0.25, 0.3) is 0 Å². The summed E-state index contributed by atoms with van der Waals surface area (Å²) in [5.74, 6) is 0.734. The average Bonchev–Trinajstić information content (AvgIpc) is 3.30. The number of esters is 1. The van der Waals surface area contributed by atoms with Crippen LogP contribution < -0.4 is 10.1 Å². The number of thiophene rings is 1. The van der Waals surface area contributed by atoms with Gasteiger partial charge in [-0.25, -0.2) is 4.79 Å². The van der Waals surface area contributed by atoms with Crippen LogP contribution >= 0.6 is 34.7 Å². The quantitative estimate of drug-likeness (QED) is 0.190. The van der Waals surface area contributed by atoms with Crippen molar-refractivity contribution in [2.75, 3.05) is 17.7 Å². The van der Waals surface area contributed by atoms with Crippen LogP contribution in [0.2, 0.25) is 5.02 Å². The summed E-state index contributed by atoms with van der Waals surface area (Å²) in [6, 6.07) is 5.60. The highest BCUT2D eigenvalue weighted by Crippen LogP contribution is 2.38. The number of hydrogen-bond donors (Lipinski definition) is 1. The van der Waals surface area contributed by atoms with Crippen LogP contribution in [0.1, 0.15) is 71.4 Å². The highest BCUT2D eigenvalue weighted by Gasteiger charge is 2.27. The van der Waals surface area contributed by atoms with E-state index in [1.165, 1.54) is 28.0 Å². The van der Waals surface area contributed by atoms with Gasteiger partial charge in [-0.05, 0) is 69.7 Å². The van der Waals surface area contributed by atoms with Crippen molar-refractivity contribution in [3.8, 4) is 5.75 Å². The number of nitrogens with zero attached hydrogens (tertiary/aromatic N) is 3.